The van der Waals surface area contributed by atoms with Gasteiger partial charge >= 0.3 is 0 Å². The average molecular weight is 180 g/mol. The topological polar surface area (TPSA) is 17.1 Å². The molecule has 0 saturated heterocycles. The zero-order valence-corrected chi connectivity index (χ0v) is 8.92. The third-order valence-corrected chi connectivity index (χ3v) is 1.97. The van der Waals surface area contributed by atoms with Gasteiger partial charge in [-0.2, -0.15) is 0 Å². The maximum atomic E-state index is 9.99. The van der Waals surface area contributed by atoms with Crippen LogP contribution in [0.15, 0.2) is 23.8 Å². The molecular formula is C12H20O. The van der Waals surface area contributed by atoms with Crippen LogP contribution < -0.4 is 0 Å². The van der Waals surface area contributed by atoms with Gasteiger partial charge in [-0.05, 0) is 45.1 Å². The molecule has 0 aliphatic carbocycles. The molecule has 0 N–H and O–H groups in total. The van der Waals surface area contributed by atoms with Crippen LogP contribution in [0.5, 0.6) is 0 Å². The van der Waals surface area contributed by atoms with Crippen LogP contribution in [0.1, 0.15) is 40.0 Å². The minimum atomic E-state index is 0.673. The van der Waals surface area contributed by atoms with Gasteiger partial charge < -0.3 is 0 Å². The highest BCUT2D eigenvalue weighted by molar-refractivity contribution is 5.64. The third kappa shape index (κ3) is 9.06. The predicted molar refractivity (Wildman–Crippen MR) is 57.7 cm³/mol. The maximum absolute atomic E-state index is 9.99. The fourth-order valence-corrected chi connectivity index (χ4v) is 1.14. The standard InChI is InChI=1S/C12H20O/c1-11(2)7-6-9-12(3)8-4-5-10-13/h4-5,7,10,12H,6,8-9H2,1-3H3/b5-4+. The van der Waals surface area contributed by atoms with Crippen molar-refractivity contribution in [3.63, 3.8) is 0 Å². The molecule has 0 aromatic carbocycles. The van der Waals surface area contributed by atoms with Crippen LogP contribution in [0.2, 0.25) is 0 Å². The third-order valence-electron chi connectivity index (χ3n) is 1.97. The highest BCUT2D eigenvalue weighted by atomic mass is 16.1. The number of hydrogen-bond acceptors (Lipinski definition) is 1. The van der Waals surface area contributed by atoms with E-state index in [9.17, 15) is 4.79 Å². The van der Waals surface area contributed by atoms with Crippen molar-refractivity contribution in [1.82, 2.24) is 0 Å². The summed E-state index contributed by atoms with van der Waals surface area (Å²) in [5.41, 5.74) is 1.38. The van der Waals surface area contributed by atoms with Gasteiger partial charge in [0.1, 0.15) is 6.29 Å². The molecule has 1 atom stereocenters. The largest absolute Gasteiger partial charge is 0.299 e. The van der Waals surface area contributed by atoms with Crippen molar-refractivity contribution in [2.24, 2.45) is 5.92 Å². The van der Waals surface area contributed by atoms with Gasteiger partial charge in [0.2, 0.25) is 0 Å². The summed E-state index contributed by atoms with van der Waals surface area (Å²) >= 11 is 0. The Morgan fingerprint density at radius 3 is 2.62 bits per heavy atom. The van der Waals surface area contributed by atoms with Crippen molar-refractivity contribution in [2.45, 2.75) is 40.0 Å². The lowest BCUT2D eigenvalue weighted by Crippen LogP contribution is -1.91. The Morgan fingerprint density at radius 2 is 2.08 bits per heavy atom. The predicted octanol–water partition coefficient (Wildman–Crippen LogP) is 3.51. The molecule has 0 aromatic rings. The molecule has 1 unspecified atom stereocenters. The number of carbonyl (C=O) groups is 1. The van der Waals surface area contributed by atoms with Crippen molar-refractivity contribution < 1.29 is 4.79 Å². The Morgan fingerprint density at radius 1 is 1.38 bits per heavy atom. The van der Waals surface area contributed by atoms with Gasteiger partial charge in [0.05, 0.1) is 0 Å². The van der Waals surface area contributed by atoms with Crippen LogP contribution in [-0.4, -0.2) is 6.29 Å². The van der Waals surface area contributed by atoms with Crippen molar-refractivity contribution in [1.29, 1.82) is 0 Å². The molecule has 0 aromatic heterocycles. The van der Waals surface area contributed by atoms with Crippen molar-refractivity contribution in [2.75, 3.05) is 0 Å². The first-order chi connectivity index (χ1) is 6.16. The Bertz CT molecular complexity index is 185. The summed E-state index contributed by atoms with van der Waals surface area (Å²) in [6, 6.07) is 0. The molecule has 0 rings (SSSR count). The van der Waals surface area contributed by atoms with E-state index in [4.69, 9.17) is 0 Å². The first kappa shape index (κ1) is 12.2. The molecule has 0 radical (unpaired) electrons. The Kier molecular flexibility index (Phi) is 7.27. The van der Waals surface area contributed by atoms with Crippen LogP contribution in [-0.2, 0) is 4.79 Å². The van der Waals surface area contributed by atoms with Gasteiger partial charge in [-0.15, -0.1) is 0 Å². The molecule has 0 spiro atoms. The fourth-order valence-electron chi connectivity index (χ4n) is 1.14. The summed E-state index contributed by atoms with van der Waals surface area (Å²) in [4.78, 5) is 9.99. The van der Waals surface area contributed by atoms with Crippen molar-refractivity contribution in [3.05, 3.63) is 23.8 Å². The molecule has 74 valence electrons. The monoisotopic (exact) mass is 180 g/mol. The van der Waals surface area contributed by atoms with E-state index in [0.29, 0.717) is 5.92 Å². The van der Waals surface area contributed by atoms with E-state index in [1.807, 2.05) is 6.08 Å². The molecule has 0 saturated carbocycles. The van der Waals surface area contributed by atoms with Crippen LogP contribution in [0.25, 0.3) is 0 Å². The van der Waals surface area contributed by atoms with Gasteiger partial charge in [-0.3, -0.25) is 4.79 Å². The number of allylic oxidation sites excluding steroid dienone is 4. The zero-order valence-electron chi connectivity index (χ0n) is 8.92. The van der Waals surface area contributed by atoms with E-state index in [2.05, 4.69) is 26.8 Å². The van der Waals surface area contributed by atoms with Crippen LogP contribution in [0.3, 0.4) is 0 Å². The van der Waals surface area contributed by atoms with E-state index >= 15 is 0 Å². The molecule has 0 bridgehead atoms. The molecule has 0 aliphatic rings. The SMILES string of the molecule is CC(C)=CCCC(C)C/C=C/C=O. The summed E-state index contributed by atoms with van der Waals surface area (Å²) in [6.45, 7) is 6.46. The average Bonchev–Trinajstić information content (AvgIpc) is 2.04. The van der Waals surface area contributed by atoms with E-state index in [1.165, 1.54) is 12.0 Å². The summed E-state index contributed by atoms with van der Waals surface area (Å²) < 4.78 is 0. The molecule has 13 heavy (non-hydrogen) atoms. The molecule has 1 heteroatoms. The lowest BCUT2D eigenvalue weighted by atomic mass is 10.0. The second-order valence-corrected chi connectivity index (χ2v) is 3.76. The highest BCUT2D eigenvalue weighted by Gasteiger charge is 1.97. The normalized spacial score (nSPS) is 12.8. The number of aldehydes is 1. The highest BCUT2D eigenvalue weighted by Crippen LogP contribution is 2.11. The number of hydrogen-bond donors (Lipinski definition) is 0. The van der Waals surface area contributed by atoms with Crippen LogP contribution in [0, 0.1) is 5.92 Å². The summed E-state index contributed by atoms with van der Waals surface area (Å²) in [5, 5.41) is 0. The lowest BCUT2D eigenvalue weighted by molar-refractivity contribution is -0.104. The van der Waals surface area contributed by atoms with Crippen molar-refractivity contribution >= 4 is 6.29 Å². The van der Waals surface area contributed by atoms with E-state index in [1.54, 1.807) is 6.08 Å². The smallest absolute Gasteiger partial charge is 0.142 e. The molecule has 0 fully saturated rings. The molecule has 0 aliphatic heterocycles. The molecule has 1 nitrogen and oxygen atoms in total. The Labute approximate surface area is 81.5 Å². The summed E-state index contributed by atoms with van der Waals surface area (Å²) in [5.74, 6) is 0.673. The molecular weight excluding hydrogens is 160 g/mol. The molecule has 0 amide bonds. The van der Waals surface area contributed by atoms with Crippen molar-refractivity contribution in [3.8, 4) is 0 Å². The second-order valence-electron chi connectivity index (χ2n) is 3.76. The minimum absolute atomic E-state index is 0.673. The zero-order chi connectivity index (χ0) is 10.1. The van der Waals surface area contributed by atoms with E-state index in [0.717, 1.165) is 19.1 Å². The van der Waals surface area contributed by atoms with Crippen LogP contribution >= 0.6 is 0 Å². The first-order valence-corrected chi connectivity index (χ1v) is 4.90. The maximum Gasteiger partial charge on any atom is 0.142 e. The summed E-state index contributed by atoms with van der Waals surface area (Å²) in [7, 11) is 0. The van der Waals surface area contributed by atoms with Gasteiger partial charge in [0.25, 0.3) is 0 Å². The first-order valence-electron chi connectivity index (χ1n) is 4.90. The lowest BCUT2D eigenvalue weighted by Gasteiger charge is -2.05. The van der Waals surface area contributed by atoms with E-state index < -0.39 is 0 Å². The van der Waals surface area contributed by atoms with Gasteiger partial charge in [-0.25, -0.2) is 0 Å². The van der Waals surface area contributed by atoms with E-state index in [-0.39, 0.29) is 0 Å². The quantitative estimate of drug-likeness (QED) is 0.347. The fraction of sp³-hybridized carbons (Fsp3) is 0.583. The van der Waals surface area contributed by atoms with Crippen LogP contribution in [0.4, 0.5) is 0 Å². The molecule has 0 heterocycles. The van der Waals surface area contributed by atoms with Gasteiger partial charge in [0, 0.05) is 0 Å². The Balaban J connectivity index is 3.51. The number of rotatable bonds is 6. The van der Waals surface area contributed by atoms with Gasteiger partial charge in [-0.1, -0.05) is 24.6 Å². The Hall–Kier alpha value is -0.850. The van der Waals surface area contributed by atoms with Gasteiger partial charge in [0.15, 0.2) is 0 Å². The second kappa shape index (κ2) is 7.78. The minimum Gasteiger partial charge on any atom is -0.299 e. The summed E-state index contributed by atoms with van der Waals surface area (Å²) in [6.07, 6.45) is 9.99. The number of carbonyl (C=O) groups excluding carboxylic acids is 1.